The Morgan fingerprint density at radius 1 is 0.725 bits per heavy atom. The molecule has 6 rings (SSSR count). The summed E-state index contributed by atoms with van der Waals surface area (Å²) in [6.07, 6.45) is 15.0. The van der Waals surface area contributed by atoms with Crippen LogP contribution in [-0.4, -0.2) is 29.5 Å². The van der Waals surface area contributed by atoms with Crippen LogP contribution in [0.5, 0.6) is 5.75 Å². The van der Waals surface area contributed by atoms with E-state index in [0.717, 1.165) is 10.8 Å². The Balaban J connectivity index is 1.22. The van der Waals surface area contributed by atoms with Gasteiger partial charge in [0.15, 0.2) is 5.71 Å². The van der Waals surface area contributed by atoms with E-state index in [2.05, 4.69) is 142 Å². The molecule has 2 heterocycles. The number of allylic oxidation sites excluding steroid dienone is 8. The maximum atomic E-state index is 10.2. The van der Waals surface area contributed by atoms with Gasteiger partial charge in [-0.1, -0.05) is 80.6 Å². The van der Waals surface area contributed by atoms with E-state index in [1.165, 1.54) is 44.7 Å². The summed E-state index contributed by atoms with van der Waals surface area (Å²) >= 11 is 0. The molecule has 40 heavy (non-hydrogen) atoms. The molecule has 0 saturated carbocycles. The maximum absolute atomic E-state index is 10.2. The Bertz CT molecular complexity index is 1830. The summed E-state index contributed by atoms with van der Waals surface area (Å²) in [5.41, 5.74) is 7.39. The lowest BCUT2D eigenvalue weighted by atomic mass is 9.79. The van der Waals surface area contributed by atoms with Gasteiger partial charge in [-0.3, -0.25) is 0 Å². The molecule has 0 unspecified atom stereocenters. The van der Waals surface area contributed by atoms with Crippen LogP contribution in [0.1, 0.15) is 38.8 Å². The second kappa shape index (κ2) is 9.38. The van der Waals surface area contributed by atoms with Crippen molar-refractivity contribution in [2.24, 2.45) is 0 Å². The number of fused-ring (bicyclic) bond motifs is 6. The minimum absolute atomic E-state index is 0.0792. The smallest absolute Gasteiger partial charge is 0.210 e. The third kappa shape index (κ3) is 3.92. The Morgan fingerprint density at radius 3 is 2.23 bits per heavy atom. The van der Waals surface area contributed by atoms with Crippen molar-refractivity contribution in [3.8, 4) is 5.75 Å². The van der Waals surface area contributed by atoms with Crippen LogP contribution < -0.4 is 4.90 Å². The average Bonchev–Trinajstić information content (AvgIpc) is 3.25. The molecule has 4 aromatic rings. The van der Waals surface area contributed by atoms with E-state index >= 15 is 0 Å². The molecule has 2 aliphatic heterocycles. The van der Waals surface area contributed by atoms with E-state index in [-0.39, 0.29) is 10.8 Å². The van der Waals surface area contributed by atoms with Crippen molar-refractivity contribution in [3.63, 3.8) is 0 Å². The fourth-order valence-corrected chi connectivity index (χ4v) is 6.91. The first-order valence-electron chi connectivity index (χ1n) is 14.0. The Kier molecular flexibility index (Phi) is 6.07. The van der Waals surface area contributed by atoms with Crippen LogP contribution in [0.2, 0.25) is 0 Å². The zero-order valence-corrected chi connectivity index (χ0v) is 24.2. The van der Waals surface area contributed by atoms with Gasteiger partial charge >= 0.3 is 0 Å². The quantitative estimate of drug-likeness (QED) is 0.213. The van der Waals surface area contributed by atoms with Crippen LogP contribution in [0.25, 0.3) is 21.5 Å². The fourth-order valence-electron chi connectivity index (χ4n) is 6.91. The number of anilines is 1. The molecule has 3 heteroatoms. The molecule has 2 aliphatic rings. The van der Waals surface area contributed by atoms with E-state index in [1.807, 2.05) is 12.1 Å². The summed E-state index contributed by atoms with van der Waals surface area (Å²) in [7, 11) is 4.29. The van der Waals surface area contributed by atoms with E-state index < -0.39 is 0 Å². The van der Waals surface area contributed by atoms with Crippen molar-refractivity contribution in [1.82, 2.24) is 0 Å². The molecule has 0 saturated heterocycles. The van der Waals surface area contributed by atoms with Crippen molar-refractivity contribution >= 4 is 38.6 Å². The molecule has 1 N–H and O–H groups in total. The Morgan fingerprint density at radius 2 is 1.40 bits per heavy atom. The van der Waals surface area contributed by atoms with Gasteiger partial charge in [0.25, 0.3) is 0 Å². The molecule has 0 fully saturated rings. The second-order valence-corrected chi connectivity index (χ2v) is 12.0. The number of aromatic hydroxyl groups is 1. The van der Waals surface area contributed by atoms with E-state index in [9.17, 15) is 5.11 Å². The molecule has 0 amide bonds. The number of likely N-dealkylation sites (N-methyl/N-ethyl adjacent to an activating group) is 1. The van der Waals surface area contributed by atoms with Crippen molar-refractivity contribution in [1.29, 1.82) is 0 Å². The van der Waals surface area contributed by atoms with Gasteiger partial charge < -0.3 is 10.0 Å². The van der Waals surface area contributed by atoms with Gasteiger partial charge in [0.2, 0.25) is 5.69 Å². The normalized spacial score (nSPS) is 18.9. The molecular formula is C37H37N2O+. The van der Waals surface area contributed by atoms with Gasteiger partial charge in [0.1, 0.15) is 12.8 Å². The molecule has 200 valence electrons. The summed E-state index contributed by atoms with van der Waals surface area (Å²) in [6.45, 7) is 9.16. The first-order chi connectivity index (χ1) is 19.1. The van der Waals surface area contributed by atoms with Crippen LogP contribution >= 0.6 is 0 Å². The summed E-state index contributed by atoms with van der Waals surface area (Å²) in [4.78, 5) is 2.32. The lowest BCUT2D eigenvalue weighted by Gasteiger charge is -2.24. The summed E-state index contributed by atoms with van der Waals surface area (Å²) in [5.74, 6) is 0.303. The van der Waals surface area contributed by atoms with Crippen LogP contribution in [0, 0.1) is 0 Å². The van der Waals surface area contributed by atoms with E-state index in [1.54, 1.807) is 6.07 Å². The van der Waals surface area contributed by atoms with Crippen molar-refractivity contribution in [3.05, 3.63) is 126 Å². The number of hydrogen-bond acceptors (Lipinski definition) is 2. The maximum Gasteiger partial charge on any atom is 0.210 e. The molecule has 4 aromatic carbocycles. The molecule has 0 atom stereocenters. The minimum Gasteiger partial charge on any atom is -0.508 e. The number of nitrogens with zero attached hydrogens (tertiary/aromatic N) is 2. The highest BCUT2D eigenvalue weighted by Gasteiger charge is 2.44. The molecule has 0 radical (unpaired) electrons. The molecule has 0 bridgehead atoms. The van der Waals surface area contributed by atoms with Gasteiger partial charge in [0.05, 0.1) is 5.41 Å². The molecule has 0 aliphatic carbocycles. The first-order valence-corrected chi connectivity index (χ1v) is 14.0. The Labute approximate surface area is 237 Å². The number of hydrogen-bond donors (Lipinski definition) is 1. The summed E-state index contributed by atoms with van der Waals surface area (Å²) in [5, 5.41) is 15.0. The van der Waals surface area contributed by atoms with Crippen LogP contribution in [0.15, 0.2) is 115 Å². The highest BCUT2D eigenvalue weighted by molar-refractivity contribution is 6.07. The summed E-state index contributed by atoms with van der Waals surface area (Å²) in [6, 6.07) is 23.1. The Hall–Kier alpha value is -4.37. The van der Waals surface area contributed by atoms with Crippen LogP contribution in [0.4, 0.5) is 11.4 Å². The van der Waals surface area contributed by atoms with Gasteiger partial charge in [-0.15, -0.1) is 0 Å². The SMILES string of the molecule is CN1C(=CC=CC=CC=CC2=[N+](C)c3ccc4ccc(O)cc4c3C2(C)C)C(C)(C)c2c1ccc1ccccc21. The first kappa shape index (κ1) is 25.9. The van der Waals surface area contributed by atoms with Crippen molar-refractivity contribution in [2.45, 2.75) is 38.5 Å². The third-order valence-corrected chi connectivity index (χ3v) is 8.82. The van der Waals surface area contributed by atoms with Gasteiger partial charge in [-0.25, -0.2) is 0 Å². The van der Waals surface area contributed by atoms with Gasteiger partial charge in [0, 0.05) is 41.6 Å². The van der Waals surface area contributed by atoms with E-state index in [0.29, 0.717) is 5.75 Å². The zero-order chi connectivity index (χ0) is 28.2. The predicted molar refractivity (Wildman–Crippen MR) is 170 cm³/mol. The van der Waals surface area contributed by atoms with Gasteiger partial charge in [-0.2, -0.15) is 4.58 Å². The molecule has 0 aromatic heterocycles. The highest BCUT2D eigenvalue weighted by atomic mass is 16.3. The van der Waals surface area contributed by atoms with Crippen LogP contribution in [-0.2, 0) is 10.8 Å². The largest absolute Gasteiger partial charge is 0.508 e. The standard InChI is InChI=1S/C37H36N2O/c1-36(2)32(38(5)30-22-19-25-14-12-13-15-28(25)34(30)36)16-10-8-7-9-11-17-33-37(3,4)35-29-24-27(40)21-18-26(29)20-23-31(35)39(33)6/h7-24H,1-6H3/p+1. The fraction of sp³-hybridized carbons (Fsp3) is 0.216. The number of phenols is 1. The monoisotopic (exact) mass is 525 g/mol. The summed E-state index contributed by atoms with van der Waals surface area (Å²) < 4.78 is 2.27. The predicted octanol–water partition coefficient (Wildman–Crippen LogP) is 8.68. The molecular weight excluding hydrogens is 488 g/mol. The lowest BCUT2D eigenvalue weighted by Crippen LogP contribution is -2.26. The second-order valence-electron chi connectivity index (χ2n) is 12.0. The average molecular weight is 526 g/mol. The van der Waals surface area contributed by atoms with Crippen LogP contribution in [0.3, 0.4) is 0 Å². The third-order valence-electron chi connectivity index (χ3n) is 8.82. The lowest BCUT2D eigenvalue weighted by molar-refractivity contribution is -0.401. The van der Waals surface area contributed by atoms with Crippen molar-refractivity contribution < 1.29 is 9.68 Å². The number of rotatable bonds is 4. The minimum atomic E-state index is -0.181. The topological polar surface area (TPSA) is 26.5 Å². The van der Waals surface area contributed by atoms with Crippen molar-refractivity contribution in [2.75, 3.05) is 19.0 Å². The number of benzene rings is 4. The number of phenolic OH excluding ortho intramolecular Hbond substituents is 1. The van der Waals surface area contributed by atoms with Gasteiger partial charge in [-0.05, 0) is 71.3 Å². The zero-order valence-electron chi connectivity index (χ0n) is 24.2. The van der Waals surface area contributed by atoms with E-state index in [4.69, 9.17) is 0 Å². The highest BCUT2D eigenvalue weighted by Crippen LogP contribution is 2.50. The molecule has 3 nitrogen and oxygen atoms in total. The molecule has 0 spiro atoms.